The smallest absolute Gasteiger partial charge is 0.0430 e. The molecule has 0 saturated heterocycles. The predicted octanol–water partition coefficient (Wildman–Crippen LogP) is 2.41. The fraction of sp³-hybridized carbons (Fsp3) is 1.00. The number of aliphatic hydroxyl groups is 1. The Bertz CT molecular complexity index is 28.1. The molecule has 0 heterocycles. The first kappa shape index (κ1) is 12.0. The second-order valence-electron chi connectivity index (χ2n) is 1.77. The first-order chi connectivity index (χ1) is 4.33. The molecule has 0 unspecified atom stereocenters. The van der Waals surface area contributed by atoms with Crippen LogP contribution in [0.3, 0.4) is 0 Å². The molecule has 0 aliphatic rings. The molecule has 2 heteroatoms. The molecule has 0 bridgehead atoms. The van der Waals surface area contributed by atoms with Crippen molar-refractivity contribution in [3.8, 4) is 0 Å². The Morgan fingerprint density at radius 1 is 1.22 bits per heavy atom. The molecular weight excluding hydrogens is 136 g/mol. The highest BCUT2D eigenvalue weighted by Crippen LogP contribution is 1.78. The maximum absolute atomic E-state index is 8.07. The fourth-order valence-corrected chi connectivity index (χ4v) is 0.158. The van der Waals surface area contributed by atoms with E-state index in [1.807, 2.05) is 6.92 Å². The molecule has 0 aromatic heterocycles. The molecule has 0 aliphatic heterocycles. The lowest BCUT2D eigenvalue weighted by Gasteiger charge is -1.79. The summed E-state index contributed by atoms with van der Waals surface area (Å²) in [6, 6.07) is 0. The molecule has 0 fully saturated rings. The molecule has 1 N–H and O–H groups in total. The summed E-state index contributed by atoms with van der Waals surface area (Å²) >= 11 is 5.19. The summed E-state index contributed by atoms with van der Waals surface area (Å²) in [4.78, 5) is 0. The van der Waals surface area contributed by atoms with Crippen LogP contribution < -0.4 is 0 Å². The van der Waals surface area contributed by atoms with Gasteiger partial charge in [0.25, 0.3) is 0 Å². The Kier molecular flexibility index (Phi) is 20.9. The van der Waals surface area contributed by atoms with Gasteiger partial charge in [0.15, 0.2) is 0 Å². The molecular formula is C7H17ClO. The zero-order valence-corrected chi connectivity index (χ0v) is 7.12. The van der Waals surface area contributed by atoms with Crippen LogP contribution in [0.25, 0.3) is 0 Å². The number of hydrogen-bond donors (Lipinski definition) is 1. The predicted molar refractivity (Wildman–Crippen MR) is 43.0 cm³/mol. The van der Waals surface area contributed by atoms with E-state index in [9.17, 15) is 0 Å². The maximum atomic E-state index is 8.07. The van der Waals surface area contributed by atoms with Crippen LogP contribution in [0.15, 0.2) is 0 Å². The lowest BCUT2D eigenvalue weighted by atomic mass is 10.4. The second-order valence-corrected chi connectivity index (χ2v) is 2.14. The van der Waals surface area contributed by atoms with Gasteiger partial charge in [0.2, 0.25) is 0 Å². The molecule has 0 saturated carbocycles. The van der Waals surface area contributed by atoms with Crippen LogP contribution in [-0.4, -0.2) is 17.6 Å². The van der Waals surface area contributed by atoms with Crippen LogP contribution >= 0.6 is 11.6 Å². The molecule has 0 aromatic rings. The van der Waals surface area contributed by atoms with Crippen molar-refractivity contribution >= 4 is 11.6 Å². The number of alkyl halides is 1. The van der Waals surface area contributed by atoms with E-state index in [0.29, 0.717) is 6.61 Å². The quantitative estimate of drug-likeness (QED) is 0.616. The third-order valence-electron chi connectivity index (χ3n) is 0.701. The van der Waals surface area contributed by atoms with Crippen LogP contribution in [0.4, 0.5) is 0 Å². The van der Waals surface area contributed by atoms with Crippen LogP contribution in [0.1, 0.15) is 33.1 Å². The number of aliphatic hydroxyl groups excluding tert-OH is 1. The van der Waals surface area contributed by atoms with E-state index in [-0.39, 0.29) is 0 Å². The average molecular weight is 153 g/mol. The minimum Gasteiger partial charge on any atom is -0.396 e. The molecule has 0 atom stereocenters. The van der Waals surface area contributed by atoms with Crippen LogP contribution in [0, 0.1) is 0 Å². The van der Waals surface area contributed by atoms with Crippen molar-refractivity contribution in [2.75, 3.05) is 12.5 Å². The largest absolute Gasteiger partial charge is 0.396 e. The average Bonchev–Trinajstić information content (AvgIpc) is 1.91. The van der Waals surface area contributed by atoms with Crippen molar-refractivity contribution in [1.82, 2.24) is 0 Å². The summed E-state index contributed by atoms with van der Waals surface area (Å²) in [5.74, 6) is 0.792. The summed E-state index contributed by atoms with van der Waals surface area (Å²) in [6.45, 7) is 4.44. The van der Waals surface area contributed by atoms with Crippen molar-refractivity contribution in [2.24, 2.45) is 0 Å². The first-order valence-electron chi connectivity index (χ1n) is 3.50. The number of unbranched alkanes of at least 4 members (excludes halogenated alkanes) is 1. The maximum Gasteiger partial charge on any atom is 0.0430 e. The van der Waals surface area contributed by atoms with Crippen LogP contribution in [0.5, 0.6) is 0 Å². The Balaban J connectivity index is 0. The summed E-state index contributed by atoms with van der Waals surface area (Å²) in [5, 5.41) is 8.07. The van der Waals surface area contributed by atoms with E-state index in [2.05, 4.69) is 6.92 Å². The van der Waals surface area contributed by atoms with Crippen molar-refractivity contribution in [3.63, 3.8) is 0 Å². The van der Waals surface area contributed by atoms with Gasteiger partial charge in [-0.25, -0.2) is 0 Å². The molecule has 0 amide bonds. The molecule has 0 aliphatic carbocycles. The second kappa shape index (κ2) is 15.7. The molecule has 58 valence electrons. The Hall–Kier alpha value is 0.250. The van der Waals surface area contributed by atoms with E-state index in [1.54, 1.807) is 0 Å². The van der Waals surface area contributed by atoms with E-state index < -0.39 is 0 Å². The highest BCUT2D eigenvalue weighted by molar-refractivity contribution is 6.17. The lowest BCUT2D eigenvalue weighted by Crippen LogP contribution is -1.75. The minimum absolute atomic E-state index is 0.344. The van der Waals surface area contributed by atoms with Gasteiger partial charge in [0.05, 0.1) is 0 Å². The van der Waals surface area contributed by atoms with E-state index in [0.717, 1.165) is 25.1 Å². The molecule has 9 heavy (non-hydrogen) atoms. The minimum atomic E-state index is 0.344. The van der Waals surface area contributed by atoms with Gasteiger partial charge in [-0.3, -0.25) is 0 Å². The Morgan fingerprint density at radius 3 is 1.67 bits per heavy atom. The van der Waals surface area contributed by atoms with E-state index in [1.165, 1.54) is 0 Å². The summed E-state index contributed by atoms with van der Waals surface area (Å²) in [5.41, 5.74) is 0. The van der Waals surface area contributed by atoms with Gasteiger partial charge in [-0.1, -0.05) is 20.3 Å². The Labute approximate surface area is 63.0 Å². The van der Waals surface area contributed by atoms with Gasteiger partial charge in [0, 0.05) is 12.5 Å². The molecule has 0 radical (unpaired) electrons. The van der Waals surface area contributed by atoms with Crippen molar-refractivity contribution < 1.29 is 5.11 Å². The molecule has 0 spiro atoms. The fourth-order valence-electron chi connectivity index (χ4n) is 0.158. The highest BCUT2D eigenvalue weighted by atomic mass is 35.5. The molecule has 0 aromatic carbocycles. The number of hydrogen-bond acceptors (Lipinski definition) is 1. The monoisotopic (exact) mass is 152 g/mol. The topological polar surface area (TPSA) is 20.2 Å². The van der Waals surface area contributed by atoms with Gasteiger partial charge in [-0.05, 0) is 12.8 Å². The summed E-state index contributed by atoms with van der Waals surface area (Å²) < 4.78 is 0. The summed E-state index contributed by atoms with van der Waals surface area (Å²) in [6.07, 6.45) is 3.12. The van der Waals surface area contributed by atoms with Crippen molar-refractivity contribution in [1.29, 1.82) is 0 Å². The zero-order chi connectivity index (χ0) is 7.54. The lowest BCUT2D eigenvalue weighted by molar-refractivity contribution is 0.287. The highest BCUT2D eigenvalue weighted by Gasteiger charge is 1.69. The SMILES string of the molecule is CCCCO.CCCCl. The zero-order valence-electron chi connectivity index (χ0n) is 6.36. The Morgan fingerprint density at radius 2 is 1.67 bits per heavy atom. The first-order valence-corrected chi connectivity index (χ1v) is 4.03. The number of rotatable bonds is 3. The number of halogens is 1. The van der Waals surface area contributed by atoms with Gasteiger partial charge >= 0.3 is 0 Å². The van der Waals surface area contributed by atoms with Crippen LogP contribution in [0.2, 0.25) is 0 Å². The van der Waals surface area contributed by atoms with Gasteiger partial charge in [-0.2, -0.15) is 0 Å². The standard InChI is InChI=1S/C4H10O.C3H7Cl/c1-2-3-4-5;1-2-3-4/h5H,2-4H2,1H3;2-3H2,1H3. The van der Waals surface area contributed by atoms with Crippen LogP contribution in [-0.2, 0) is 0 Å². The van der Waals surface area contributed by atoms with Gasteiger partial charge in [0.1, 0.15) is 0 Å². The van der Waals surface area contributed by atoms with Gasteiger partial charge in [-0.15, -0.1) is 11.6 Å². The molecule has 0 rings (SSSR count). The summed E-state index contributed by atoms with van der Waals surface area (Å²) in [7, 11) is 0. The van der Waals surface area contributed by atoms with E-state index in [4.69, 9.17) is 16.7 Å². The van der Waals surface area contributed by atoms with Gasteiger partial charge < -0.3 is 5.11 Å². The van der Waals surface area contributed by atoms with Crippen molar-refractivity contribution in [3.05, 3.63) is 0 Å². The molecule has 1 nitrogen and oxygen atoms in total. The third-order valence-corrected chi connectivity index (χ3v) is 1.08. The normalized spacial score (nSPS) is 8.00. The van der Waals surface area contributed by atoms with Crippen molar-refractivity contribution in [2.45, 2.75) is 33.1 Å². The third kappa shape index (κ3) is 30.5. The van der Waals surface area contributed by atoms with E-state index >= 15 is 0 Å².